The lowest BCUT2D eigenvalue weighted by Gasteiger charge is -2.32. The topological polar surface area (TPSA) is 49.4 Å². The van der Waals surface area contributed by atoms with E-state index >= 15 is 0 Å². The minimum atomic E-state index is -0.555. The third-order valence-electron chi connectivity index (χ3n) is 6.75. The molecular formula is C31H36N2O2S. The molecule has 4 nitrogen and oxygen atoms in total. The Kier molecular flexibility index (Phi) is 9.62. The monoisotopic (exact) mass is 500 g/mol. The first-order valence-electron chi connectivity index (χ1n) is 12.9. The molecule has 3 aromatic rings. The normalized spacial score (nSPS) is 14.4. The molecule has 0 aliphatic heterocycles. The summed E-state index contributed by atoms with van der Waals surface area (Å²) in [5, 5.41) is 3.27. The van der Waals surface area contributed by atoms with Crippen LogP contribution in [0.25, 0.3) is 0 Å². The number of thioether (sulfide) groups is 1. The Balaban J connectivity index is 1.54. The molecule has 1 atom stereocenters. The second-order valence-corrected chi connectivity index (χ2v) is 10.7. The first kappa shape index (κ1) is 26.0. The van der Waals surface area contributed by atoms with Gasteiger partial charge in [-0.1, -0.05) is 103 Å². The van der Waals surface area contributed by atoms with Gasteiger partial charge in [0.05, 0.1) is 5.75 Å². The van der Waals surface area contributed by atoms with Crippen molar-refractivity contribution in [1.82, 2.24) is 10.2 Å². The Labute approximate surface area is 219 Å². The van der Waals surface area contributed by atoms with Crippen LogP contribution in [0.3, 0.4) is 0 Å². The van der Waals surface area contributed by atoms with E-state index in [1.54, 1.807) is 16.7 Å². The molecular weight excluding hydrogens is 464 g/mol. The molecule has 0 unspecified atom stereocenters. The molecule has 0 aromatic heterocycles. The maximum atomic E-state index is 13.7. The Bertz CT molecular complexity index is 1110. The summed E-state index contributed by atoms with van der Waals surface area (Å²) >= 11 is 1.61. The number of aryl methyl sites for hydroxylation is 1. The molecule has 0 radical (unpaired) electrons. The van der Waals surface area contributed by atoms with Gasteiger partial charge in [0.1, 0.15) is 6.04 Å². The lowest BCUT2D eigenvalue weighted by atomic mass is 10.0. The lowest BCUT2D eigenvalue weighted by molar-refractivity contribution is -0.139. The zero-order chi connectivity index (χ0) is 25.2. The van der Waals surface area contributed by atoms with Gasteiger partial charge in [0.2, 0.25) is 11.8 Å². The van der Waals surface area contributed by atoms with Crippen LogP contribution in [-0.4, -0.2) is 34.6 Å². The highest BCUT2D eigenvalue weighted by Gasteiger charge is 2.32. The van der Waals surface area contributed by atoms with E-state index in [2.05, 4.69) is 36.5 Å². The molecule has 1 aliphatic rings. The summed E-state index contributed by atoms with van der Waals surface area (Å²) in [4.78, 5) is 29.2. The number of rotatable bonds is 11. The molecule has 1 N–H and O–H groups in total. The molecule has 1 aliphatic carbocycles. The minimum Gasteiger partial charge on any atom is -0.352 e. The molecule has 36 heavy (non-hydrogen) atoms. The number of benzene rings is 3. The second kappa shape index (κ2) is 13.3. The van der Waals surface area contributed by atoms with Gasteiger partial charge in [-0.15, -0.1) is 11.8 Å². The van der Waals surface area contributed by atoms with Gasteiger partial charge in [-0.05, 0) is 36.5 Å². The van der Waals surface area contributed by atoms with Crippen LogP contribution in [0, 0.1) is 6.92 Å². The first-order valence-corrected chi connectivity index (χ1v) is 14.0. The zero-order valence-corrected chi connectivity index (χ0v) is 21.9. The van der Waals surface area contributed by atoms with E-state index in [-0.39, 0.29) is 17.9 Å². The Morgan fingerprint density at radius 1 is 0.889 bits per heavy atom. The average Bonchev–Trinajstić information content (AvgIpc) is 3.40. The van der Waals surface area contributed by atoms with Crippen LogP contribution in [0.1, 0.15) is 47.9 Å². The van der Waals surface area contributed by atoms with Gasteiger partial charge in [0.25, 0.3) is 0 Å². The molecule has 1 fully saturated rings. The third kappa shape index (κ3) is 7.72. The summed E-state index contributed by atoms with van der Waals surface area (Å²) in [5.74, 6) is 1.06. The number of carbonyl (C=O) groups is 2. The molecule has 5 heteroatoms. The molecule has 3 aromatic carbocycles. The smallest absolute Gasteiger partial charge is 0.243 e. The van der Waals surface area contributed by atoms with E-state index < -0.39 is 6.04 Å². The lowest BCUT2D eigenvalue weighted by Crippen LogP contribution is -2.52. The van der Waals surface area contributed by atoms with Gasteiger partial charge in [-0.3, -0.25) is 9.59 Å². The quantitative estimate of drug-likeness (QED) is 0.355. The fourth-order valence-electron chi connectivity index (χ4n) is 4.84. The number of hydrogen-bond acceptors (Lipinski definition) is 3. The van der Waals surface area contributed by atoms with Crippen molar-refractivity contribution in [3.05, 3.63) is 107 Å². The first-order chi connectivity index (χ1) is 17.6. The van der Waals surface area contributed by atoms with Crippen LogP contribution >= 0.6 is 11.8 Å². The molecule has 0 saturated heterocycles. The Hall–Kier alpha value is -3.05. The maximum absolute atomic E-state index is 13.7. The number of nitrogens with one attached hydrogen (secondary N) is 1. The fraction of sp³-hybridized carbons (Fsp3) is 0.355. The van der Waals surface area contributed by atoms with Crippen LogP contribution in [0.5, 0.6) is 0 Å². The SMILES string of the molecule is Cc1cccc(CSCC(=O)N(Cc2ccccc2)[C@H](Cc2ccccc2)C(=O)NC2CCCC2)c1. The van der Waals surface area contributed by atoms with Crippen molar-refractivity contribution in [1.29, 1.82) is 0 Å². The summed E-state index contributed by atoms with van der Waals surface area (Å²) in [7, 11) is 0. The zero-order valence-electron chi connectivity index (χ0n) is 21.1. The van der Waals surface area contributed by atoms with E-state index in [9.17, 15) is 9.59 Å². The number of nitrogens with zero attached hydrogens (tertiary/aromatic N) is 1. The largest absolute Gasteiger partial charge is 0.352 e. The summed E-state index contributed by atoms with van der Waals surface area (Å²) < 4.78 is 0. The number of carbonyl (C=O) groups excluding carboxylic acids is 2. The fourth-order valence-corrected chi connectivity index (χ4v) is 5.70. The molecule has 1 saturated carbocycles. The average molecular weight is 501 g/mol. The van der Waals surface area contributed by atoms with E-state index in [1.807, 2.05) is 60.7 Å². The van der Waals surface area contributed by atoms with Crippen LogP contribution in [0.15, 0.2) is 84.9 Å². The summed E-state index contributed by atoms with van der Waals surface area (Å²) in [5.41, 5.74) is 4.52. The van der Waals surface area contributed by atoms with Crippen molar-refractivity contribution < 1.29 is 9.59 Å². The van der Waals surface area contributed by atoms with E-state index in [4.69, 9.17) is 0 Å². The summed E-state index contributed by atoms with van der Waals surface area (Å²) in [6.45, 7) is 2.50. The third-order valence-corrected chi connectivity index (χ3v) is 7.73. The van der Waals surface area contributed by atoms with Crippen LogP contribution in [-0.2, 0) is 28.3 Å². The van der Waals surface area contributed by atoms with E-state index in [1.165, 1.54) is 11.1 Å². The van der Waals surface area contributed by atoms with Crippen molar-refractivity contribution >= 4 is 23.6 Å². The van der Waals surface area contributed by atoms with Crippen molar-refractivity contribution in [2.45, 2.75) is 63.4 Å². The minimum absolute atomic E-state index is 0.000917. The second-order valence-electron chi connectivity index (χ2n) is 9.68. The molecule has 0 bridgehead atoms. The molecule has 188 valence electrons. The highest BCUT2D eigenvalue weighted by atomic mass is 32.2. The number of hydrogen-bond donors (Lipinski definition) is 1. The Morgan fingerprint density at radius 2 is 1.53 bits per heavy atom. The van der Waals surface area contributed by atoms with E-state index in [0.717, 1.165) is 42.6 Å². The van der Waals surface area contributed by atoms with Gasteiger partial charge >= 0.3 is 0 Å². The maximum Gasteiger partial charge on any atom is 0.243 e. The van der Waals surface area contributed by atoms with Crippen LogP contribution in [0.2, 0.25) is 0 Å². The van der Waals surface area contributed by atoms with Crippen LogP contribution < -0.4 is 5.32 Å². The van der Waals surface area contributed by atoms with Crippen molar-refractivity contribution in [3.63, 3.8) is 0 Å². The summed E-state index contributed by atoms with van der Waals surface area (Å²) in [6.07, 6.45) is 4.83. The molecule has 2 amide bonds. The van der Waals surface area contributed by atoms with Gasteiger partial charge in [-0.2, -0.15) is 0 Å². The van der Waals surface area contributed by atoms with Crippen molar-refractivity contribution in [2.75, 3.05) is 5.75 Å². The van der Waals surface area contributed by atoms with Gasteiger partial charge in [0.15, 0.2) is 0 Å². The molecule has 4 rings (SSSR count). The van der Waals surface area contributed by atoms with Crippen molar-refractivity contribution in [2.24, 2.45) is 0 Å². The van der Waals surface area contributed by atoms with Crippen LogP contribution in [0.4, 0.5) is 0 Å². The van der Waals surface area contributed by atoms with Gasteiger partial charge < -0.3 is 10.2 Å². The van der Waals surface area contributed by atoms with E-state index in [0.29, 0.717) is 18.7 Å². The highest BCUT2D eigenvalue weighted by molar-refractivity contribution is 7.99. The Morgan fingerprint density at radius 3 is 2.19 bits per heavy atom. The predicted molar refractivity (Wildman–Crippen MR) is 149 cm³/mol. The molecule has 0 heterocycles. The van der Waals surface area contributed by atoms with Gasteiger partial charge in [-0.25, -0.2) is 0 Å². The molecule has 0 spiro atoms. The predicted octanol–water partition coefficient (Wildman–Crippen LogP) is 5.93. The number of amides is 2. The van der Waals surface area contributed by atoms with Gasteiger partial charge in [0, 0.05) is 24.8 Å². The summed E-state index contributed by atoms with van der Waals surface area (Å²) in [6, 6.07) is 28.1. The highest BCUT2D eigenvalue weighted by Crippen LogP contribution is 2.21. The standard InChI is InChI=1S/C31H36N2O2S/c1-24-11-10-16-27(19-24)22-36-23-30(34)33(21-26-14-6-3-7-15-26)29(20-25-12-4-2-5-13-25)31(35)32-28-17-8-9-18-28/h2-7,10-16,19,28-29H,8-9,17-18,20-23H2,1H3,(H,32,35)/t29-/m1/s1. The van der Waals surface area contributed by atoms with Crippen molar-refractivity contribution in [3.8, 4) is 0 Å².